The first-order valence-electron chi connectivity index (χ1n) is 10.4. The summed E-state index contributed by atoms with van der Waals surface area (Å²) in [4.78, 5) is 25.1. The Morgan fingerprint density at radius 3 is 2.57 bits per heavy atom. The fraction of sp³-hybridized carbons (Fsp3) is 0.375. The number of ketones is 1. The zero-order chi connectivity index (χ0) is 20.7. The number of hydrogen-bond acceptors (Lipinski definition) is 6. The van der Waals surface area contributed by atoms with Crippen LogP contribution in [0.2, 0.25) is 0 Å². The van der Waals surface area contributed by atoms with Gasteiger partial charge in [0.05, 0.1) is 18.1 Å². The molecule has 3 aromatic heterocycles. The van der Waals surface area contributed by atoms with Gasteiger partial charge in [0, 0.05) is 66.6 Å². The fourth-order valence-electron chi connectivity index (χ4n) is 4.46. The average molecular weight is 420 g/mol. The Morgan fingerprint density at radius 1 is 1.03 bits per heavy atom. The van der Waals surface area contributed by atoms with Crippen molar-refractivity contribution < 1.29 is 9.53 Å². The number of anilines is 1. The molecule has 1 aliphatic heterocycles. The molecule has 0 unspecified atom stereocenters. The van der Waals surface area contributed by atoms with Crippen LogP contribution in [0.4, 0.5) is 5.00 Å². The molecular weight excluding hydrogens is 394 g/mol. The predicted octanol–water partition coefficient (Wildman–Crippen LogP) is 4.86. The smallest absolute Gasteiger partial charge is 0.173 e. The van der Waals surface area contributed by atoms with E-state index in [2.05, 4.69) is 34.8 Å². The second kappa shape index (κ2) is 7.60. The van der Waals surface area contributed by atoms with Crippen molar-refractivity contribution in [3.63, 3.8) is 0 Å². The standard InChI is InChI=1S/C24H25N3O2S/c1-24(2)11-19-21(18-10-17(14-26-15-18)16-4-3-5-25-13-16)23(27-6-8-29-9-7-27)30-22(19)20(28)12-24/h3-5,10,13-15H,6-9,11-12H2,1-2H3. The molecule has 0 saturated carbocycles. The number of nitrogens with zero attached hydrogens (tertiary/aromatic N) is 3. The van der Waals surface area contributed by atoms with Crippen LogP contribution < -0.4 is 4.90 Å². The van der Waals surface area contributed by atoms with E-state index < -0.39 is 0 Å². The van der Waals surface area contributed by atoms with Crippen LogP contribution in [-0.2, 0) is 11.2 Å². The highest BCUT2D eigenvalue weighted by Crippen LogP contribution is 2.49. The van der Waals surface area contributed by atoms with Crippen molar-refractivity contribution in [3.05, 3.63) is 53.4 Å². The molecule has 0 aromatic carbocycles. The van der Waals surface area contributed by atoms with Crippen LogP contribution in [0.5, 0.6) is 0 Å². The summed E-state index contributed by atoms with van der Waals surface area (Å²) in [7, 11) is 0. The summed E-state index contributed by atoms with van der Waals surface area (Å²) in [5.74, 6) is 0.267. The zero-order valence-electron chi connectivity index (χ0n) is 17.4. The van der Waals surface area contributed by atoms with E-state index >= 15 is 0 Å². The van der Waals surface area contributed by atoms with E-state index in [1.165, 1.54) is 16.1 Å². The number of carbonyl (C=O) groups is 1. The number of rotatable bonds is 3. The van der Waals surface area contributed by atoms with Crippen LogP contribution in [0.25, 0.3) is 22.3 Å². The zero-order valence-corrected chi connectivity index (χ0v) is 18.2. The Bertz CT molecular complexity index is 1090. The topological polar surface area (TPSA) is 55.3 Å². The van der Waals surface area contributed by atoms with Crippen molar-refractivity contribution in [2.45, 2.75) is 26.7 Å². The van der Waals surface area contributed by atoms with Crippen LogP contribution in [0, 0.1) is 5.41 Å². The van der Waals surface area contributed by atoms with Gasteiger partial charge in [0.25, 0.3) is 0 Å². The molecule has 6 heteroatoms. The number of fused-ring (bicyclic) bond motifs is 1. The minimum atomic E-state index is -0.0312. The number of hydrogen-bond donors (Lipinski definition) is 0. The first-order chi connectivity index (χ1) is 14.5. The molecule has 0 amide bonds. The Kier molecular flexibility index (Phi) is 4.91. The molecule has 5 nitrogen and oxygen atoms in total. The highest BCUT2D eigenvalue weighted by atomic mass is 32.1. The SMILES string of the molecule is CC1(C)CC(=O)c2sc(N3CCOCC3)c(-c3cncc(-c4cccnc4)c3)c2C1. The molecular formula is C24H25N3O2S. The second-order valence-corrected chi connectivity index (χ2v) is 9.83. The van der Waals surface area contributed by atoms with Crippen molar-refractivity contribution in [2.75, 3.05) is 31.2 Å². The molecule has 0 N–H and O–H groups in total. The fourth-order valence-corrected chi connectivity index (χ4v) is 5.79. The van der Waals surface area contributed by atoms with Gasteiger partial charge in [-0.3, -0.25) is 14.8 Å². The lowest BCUT2D eigenvalue weighted by Crippen LogP contribution is -2.36. The molecule has 1 aliphatic carbocycles. The van der Waals surface area contributed by atoms with E-state index in [4.69, 9.17) is 4.74 Å². The van der Waals surface area contributed by atoms with Gasteiger partial charge in [0.1, 0.15) is 5.00 Å². The maximum atomic E-state index is 13.0. The van der Waals surface area contributed by atoms with Crippen LogP contribution in [0.1, 0.15) is 35.5 Å². The maximum absolute atomic E-state index is 13.0. The van der Waals surface area contributed by atoms with Gasteiger partial charge < -0.3 is 9.64 Å². The van der Waals surface area contributed by atoms with E-state index in [0.717, 1.165) is 54.3 Å². The first-order valence-corrected chi connectivity index (χ1v) is 11.2. The average Bonchev–Trinajstić information content (AvgIpc) is 3.14. The largest absolute Gasteiger partial charge is 0.378 e. The molecule has 1 saturated heterocycles. The van der Waals surface area contributed by atoms with Gasteiger partial charge in [0.15, 0.2) is 5.78 Å². The van der Waals surface area contributed by atoms with E-state index in [1.807, 2.05) is 30.7 Å². The van der Waals surface area contributed by atoms with Gasteiger partial charge in [-0.15, -0.1) is 11.3 Å². The normalized spacial score (nSPS) is 18.3. The summed E-state index contributed by atoms with van der Waals surface area (Å²) in [5, 5.41) is 1.18. The molecule has 154 valence electrons. The van der Waals surface area contributed by atoms with E-state index in [1.54, 1.807) is 17.5 Å². The van der Waals surface area contributed by atoms with Crippen molar-refractivity contribution in [3.8, 4) is 22.3 Å². The number of morpholine rings is 1. The molecule has 2 aliphatic rings. The lowest BCUT2D eigenvalue weighted by molar-refractivity contribution is 0.0918. The van der Waals surface area contributed by atoms with Crippen LogP contribution in [0.15, 0.2) is 43.0 Å². The highest BCUT2D eigenvalue weighted by molar-refractivity contribution is 7.19. The maximum Gasteiger partial charge on any atom is 0.173 e. The second-order valence-electron chi connectivity index (χ2n) is 8.83. The monoisotopic (exact) mass is 419 g/mol. The molecule has 0 radical (unpaired) electrons. The number of thiophene rings is 1. The lowest BCUT2D eigenvalue weighted by Gasteiger charge is -2.30. The summed E-state index contributed by atoms with van der Waals surface area (Å²) >= 11 is 1.65. The van der Waals surface area contributed by atoms with Crippen LogP contribution in [-0.4, -0.2) is 42.1 Å². The lowest BCUT2D eigenvalue weighted by atomic mass is 9.75. The minimum absolute atomic E-state index is 0.0312. The van der Waals surface area contributed by atoms with Gasteiger partial charge in [0.2, 0.25) is 0 Å². The first kappa shape index (κ1) is 19.4. The third-order valence-corrected chi connectivity index (χ3v) is 7.19. The highest BCUT2D eigenvalue weighted by Gasteiger charge is 2.37. The van der Waals surface area contributed by atoms with Crippen LogP contribution >= 0.6 is 11.3 Å². The summed E-state index contributed by atoms with van der Waals surface area (Å²) < 4.78 is 5.58. The Hall–Kier alpha value is -2.57. The van der Waals surface area contributed by atoms with Gasteiger partial charge in [-0.1, -0.05) is 19.9 Å². The van der Waals surface area contributed by atoms with Crippen molar-refractivity contribution in [1.82, 2.24) is 9.97 Å². The Morgan fingerprint density at radius 2 is 1.80 bits per heavy atom. The molecule has 30 heavy (non-hydrogen) atoms. The van der Waals surface area contributed by atoms with Gasteiger partial charge in [-0.05, 0) is 29.5 Å². The van der Waals surface area contributed by atoms with Crippen LogP contribution in [0.3, 0.4) is 0 Å². The molecule has 4 heterocycles. The van der Waals surface area contributed by atoms with Gasteiger partial charge in [-0.25, -0.2) is 0 Å². The molecule has 0 spiro atoms. The van der Waals surface area contributed by atoms with E-state index in [9.17, 15) is 4.79 Å². The Balaban J connectivity index is 1.68. The summed E-state index contributed by atoms with van der Waals surface area (Å²) in [6.07, 6.45) is 8.96. The van der Waals surface area contributed by atoms with E-state index in [-0.39, 0.29) is 11.2 Å². The third kappa shape index (κ3) is 3.55. The predicted molar refractivity (Wildman–Crippen MR) is 120 cm³/mol. The number of carbonyl (C=O) groups excluding carboxylic acids is 1. The molecule has 5 rings (SSSR count). The van der Waals surface area contributed by atoms with Gasteiger partial charge >= 0.3 is 0 Å². The number of Topliss-reactive ketones (excluding diaryl/α,β-unsaturated/α-hetero) is 1. The summed E-state index contributed by atoms with van der Waals surface area (Å²) in [5.41, 5.74) is 5.48. The molecule has 0 bridgehead atoms. The Labute approximate surface area is 180 Å². The van der Waals surface area contributed by atoms with Crippen molar-refractivity contribution in [1.29, 1.82) is 0 Å². The molecule has 1 fully saturated rings. The van der Waals surface area contributed by atoms with Crippen molar-refractivity contribution in [2.24, 2.45) is 5.41 Å². The quantitative estimate of drug-likeness (QED) is 0.607. The number of ether oxygens (including phenoxy) is 1. The third-order valence-electron chi connectivity index (χ3n) is 5.86. The number of pyridine rings is 2. The minimum Gasteiger partial charge on any atom is -0.378 e. The summed E-state index contributed by atoms with van der Waals surface area (Å²) in [6, 6.07) is 6.17. The van der Waals surface area contributed by atoms with Gasteiger partial charge in [-0.2, -0.15) is 0 Å². The molecule has 3 aromatic rings. The van der Waals surface area contributed by atoms with Crippen molar-refractivity contribution >= 4 is 22.1 Å². The number of aromatic nitrogens is 2. The summed E-state index contributed by atoms with van der Waals surface area (Å²) in [6.45, 7) is 7.51. The van der Waals surface area contributed by atoms with E-state index in [0.29, 0.717) is 6.42 Å². The molecule has 0 atom stereocenters.